The SMILES string of the molecule is COc1ncc(-c2ccn3nc(N)nc3c2)cc1C(=O)N[C@H]1CCN(Cc2ccccc2)C1. The van der Waals surface area contributed by atoms with E-state index < -0.39 is 0 Å². The van der Waals surface area contributed by atoms with E-state index >= 15 is 0 Å². The first-order valence-corrected chi connectivity index (χ1v) is 10.8. The average molecular weight is 444 g/mol. The van der Waals surface area contributed by atoms with Gasteiger partial charge in [0, 0.05) is 43.6 Å². The van der Waals surface area contributed by atoms with Gasteiger partial charge in [0.1, 0.15) is 5.56 Å². The van der Waals surface area contributed by atoms with Gasteiger partial charge in [-0.25, -0.2) is 9.50 Å². The van der Waals surface area contributed by atoms with Crippen molar-refractivity contribution in [2.45, 2.75) is 19.0 Å². The van der Waals surface area contributed by atoms with Gasteiger partial charge in [0.05, 0.1) is 7.11 Å². The molecule has 4 aromatic rings. The van der Waals surface area contributed by atoms with Crippen LogP contribution in [-0.4, -0.2) is 56.6 Å². The lowest BCUT2D eigenvalue weighted by molar-refractivity contribution is 0.0934. The highest BCUT2D eigenvalue weighted by atomic mass is 16.5. The summed E-state index contributed by atoms with van der Waals surface area (Å²) in [7, 11) is 1.51. The fourth-order valence-electron chi connectivity index (χ4n) is 4.21. The van der Waals surface area contributed by atoms with Crippen molar-refractivity contribution in [3.63, 3.8) is 0 Å². The van der Waals surface area contributed by atoms with Gasteiger partial charge in [0.2, 0.25) is 11.8 Å². The van der Waals surface area contributed by atoms with Crippen LogP contribution >= 0.6 is 0 Å². The number of carbonyl (C=O) groups is 1. The lowest BCUT2D eigenvalue weighted by Gasteiger charge is -2.17. The van der Waals surface area contributed by atoms with E-state index in [1.54, 1.807) is 23.0 Å². The number of carbonyl (C=O) groups excluding carboxylic acids is 1. The highest BCUT2D eigenvalue weighted by Gasteiger charge is 2.26. The Balaban J connectivity index is 1.32. The topological polar surface area (TPSA) is 111 Å². The molecule has 1 saturated heterocycles. The van der Waals surface area contributed by atoms with E-state index in [-0.39, 0.29) is 17.9 Å². The van der Waals surface area contributed by atoms with Crippen LogP contribution in [0.1, 0.15) is 22.3 Å². The molecular formula is C24H25N7O2. The van der Waals surface area contributed by atoms with Crippen molar-refractivity contribution in [3.05, 3.63) is 72.1 Å². The summed E-state index contributed by atoms with van der Waals surface area (Å²) in [6.45, 7) is 2.63. The summed E-state index contributed by atoms with van der Waals surface area (Å²) >= 11 is 0. The van der Waals surface area contributed by atoms with E-state index in [1.165, 1.54) is 12.7 Å². The lowest BCUT2D eigenvalue weighted by atomic mass is 10.1. The van der Waals surface area contributed by atoms with Gasteiger partial charge in [-0.1, -0.05) is 30.3 Å². The first kappa shape index (κ1) is 20.9. The van der Waals surface area contributed by atoms with Gasteiger partial charge in [-0.05, 0) is 35.7 Å². The normalized spacial score (nSPS) is 16.2. The van der Waals surface area contributed by atoms with Crippen molar-refractivity contribution in [2.75, 3.05) is 25.9 Å². The molecule has 1 aliphatic rings. The summed E-state index contributed by atoms with van der Waals surface area (Å²) < 4.78 is 6.97. The first-order chi connectivity index (χ1) is 16.1. The van der Waals surface area contributed by atoms with Crippen molar-refractivity contribution in [1.82, 2.24) is 29.8 Å². The highest BCUT2D eigenvalue weighted by Crippen LogP contribution is 2.26. The summed E-state index contributed by atoms with van der Waals surface area (Å²) in [5, 5.41) is 7.24. The molecule has 3 aromatic heterocycles. The minimum absolute atomic E-state index is 0.0740. The lowest BCUT2D eigenvalue weighted by Crippen LogP contribution is -2.37. The Morgan fingerprint density at radius 3 is 2.88 bits per heavy atom. The molecule has 1 amide bonds. The van der Waals surface area contributed by atoms with Crippen LogP contribution < -0.4 is 15.8 Å². The maximum Gasteiger partial charge on any atom is 0.257 e. The molecule has 1 aromatic carbocycles. The molecule has 0 spiro atoms. The number of likely N-dealkylation sites (tertiary alicyclic amines) is 1. The zero-order valence-corrected chi connectivity index (χ0v) is 18.3. The third-order valence-corrected chi connectivity index (χ3v) is 5.83. The molecular weight excluding hydrogens is 418 g/mol. The van der Waals surface area contributed by atoms with Crippen LogP contribution in [0.3, 0.4) is 0 Å². The Labute approximate surface area is 191 Å². The third kappa shape index (κ3) is 4.49. The van der Waals surface area contributed by atoms with Gasteiger partial charge in [0.15, 0.2) is 5.65 Å². The minimum atomic E-state index is -0.194. The molecule has 1 aliphatic heterocycles. The monoisotopic (exact) mass is 443 g/mol. The fraction of sp³-hybridized carbons (Fsp3) is 0.250. The Morgan fingerprint density at radius 2 is 2.06 bits per heavy atom. The van der Waals surface area contributed by atoms with E-state index in [0.717, 1.165) is 37.2 Å². The van der Waals surface area contributed by atoms with Crippen LogP contribution in [0.4, 0.5) is 5.95 Å². The van der Waals surface area contributed by atoms with Gasteiger partial charge < -0.3 is 15.8 Å². The van der Waals surface area contributed by atoms with Crippen molar-refractivity contribution in [1.29, 1.82) is 0 Å². The molecule has 33 heavy (non-hydrogen) atoms. The van der Waals surface area contributed by atoms with E-state index in [4.69, 9.17) is 10.5 Å². The molecule has 9 nitrogen and oxygen atoms in total. The average Bonchev–Trinajstić information content (AvgIpc) is 3.43. The van der Waals surface area contributed by atoms with Crippen molar-refractivity contribution < 1.29 is 9.53 Å². The van der Waals surface area contributed by atoms with E-state index in [1.807, 2.05) is 30.3 Å². The molecule has 0 bridgehead atoms. The van der Waals surface area contributed by atoms with Crippen LogP contribution in [-0.2, 0) is 6.54 Å². The zero-order chi connectivity index (χ0) is 22.8. The number of nitrogens with one attached hydrogen (secondary N) is 1. The summed E-state index contributed by atoms with van der Waals surface area (Å²) in [6, 6.07) is 16.0. The van der Waals surface area contributed by atoms with Crippen LogP contribution in [0.15, 0.2) is 60.9 Å². The number of pyridine rings is 2. The molecule has 0 unspecified atom stereocenters. The number of fused-ring (bicyclic) bond motifs is 1. The van der Waals surface area contributed by atoms with Crippen LogP contribution in [0, 0.1) is 0 Å². The van der Waals surface area contributed by atoms with Crippen LogP contribution in [0.2, 0.25) is 0 Å². The number of rotatable bonds is 6. The second-order valence-electron chi connectivity index (χ2n) is 8.15. The predicted molar refractivity (Wildman–Crippen MR) is 125 cm³/mol. The van der Waals surface area contributed by atoms with E-state index in [9.17, 15) is 4.79 Å². The number of benzene rings is 1. The molecule has 168 valence electrons. The maximum absolute atomic E-state index is 13.2. The second kappa shape index (κ2) is 8.87. The number of hydrogen-bond acceptors (Lipinski definition) is 7. The number of nitrogens with zero attached hydrogens (tertiary/aromatic N) is 5. The van der Waals surface area contributed by atoms with Gasteiger partial charge in [0.25, 0.3) is 5.91 Å². The Kier molecular flexibility index (Phi) is 5.62. The Bertz CT molecular complexity index is 1290. The molecule has 4 heterocycles. The van der Waals surface area contributed by atoms with Crippen LogP contribution in [0.5, 0.6) is 5.88 Å². The van der Waals surface area contributed by atoms with E-state index in [2.05, 4.69) is 37.4 Å². The number of aromatic nitrogens is 4. The molecule has 0 saturated carbocycles. The Hall–Kier alpha value is -3.98. The number of ether oxygens (including phenoxy) is 1. The molecule has 5 rings (SSSR count). The molecule has 9 heteroatoms. The zero-order valence-electron chi connectivity index (χ0n) is 18.3. The molecule has 0 radical (unpaired) electrons. The number of anilines is 1. The smallest absolute Gasteiger partial charge is 0.257 e. The summed E-state index contributed by atoms with van der Waals surface area (Å²) in [6.07, 6.45) is 4.36. The maximum atomic E-state index is 13.2. The second-order valence-corrected chi connectivity index (χ2v) is 8.15. The number of methoxy groups -OCH3 is 1. The summed E-state index contributed by atoms with van der Waals surface area (Å²) in [5.41, 5.74) is 9.61. The van der Waals surface area contributed by atoms with Gasteiger partial charge in [-0.3, -0.25) is 9.69 Å². The third-order valence-electron chi connectivity index (χ3n) is 5.83. The molecule has 0 aliphatic carbocycles. The molecule has 1 atom stereocenters. The van der Waals surface area contributed by atoms with Crippen molar-refractivity contribution >= 4 is 17.5 Å². The van der Waals surface area contributed by atoms with E-state index in [0.29, 0.717) is 17.1 Å². The highest BCUT2D eigenvalue weighted by molar-refractivity contribution is 5.97. The van der Waals surface area contributed by atoms with Crippen molar-refractivity contribution in [2.24, 2.45) is 0 Å². The summed E-state index contributed by atoms with van der Waals surface area (Å²) in [4.78, 5) is 24.1. The number of nitrogen functional groups attached to an aromatic ring is 1. The van der Waals surface area contributed by atoms with Gasteiger partial charge in [-0.15, -0.1) is 5.10 Å². The summed E-state index contributed by atoms with van der Waals surface area (Å²) in [5.74, 6) is 0.307. The number of amides is 1. The number of nitrogens with two attached hydrogens (primary N) is 1. The molecule has 1 fully saturated rings. The predicted octanol–water partition coefficient (Wildman–Crippen LogP) is 2.39. The number of hydrogen-bond donors (Lipinski definition) is 2. The van der Waals surface area contributed by atoms with Crippen molar-refractivity contribution in [3.8, 4) is 17.0 Å². The fourth-order valence-corrected chi connectivity index (χ4v) is 4.21. The van der Waals surface area contributed by atoms with Crippen LogP contribution in [0.25, 0.3) is 16.8 Å². The standard InChI is InChI=1S/C24H25N7O2/c1-33-23-20(11-18(13-26-23)17-7-10-31-21(12-17)28-24(25)29-31)22(32)27-19-8-9-30(15-19)14-16-5-3-2-4-6-16/h2-7,10-13,19H,8-9,14-15H2,1H3,(H2,25,29)(H,27,32)/t19-/m0/s1. The quantitative estimate of drug-likeness (QED) is 0.471. The van der Waals surface area contributed by atoms with Gasteiger partial charge >= 0.3 is 0 Å². The van der Waals surface area contributed by atoms with Gasteiger partial charge in [-0.2, -0.15) is 4.98 Å². The minimum Gasteiger partial charge on any atom is -0.480 e. The first-order valence-electron chi connectivity index (χ1n) is 10.8. The largest absolute Gasteiger partial charge is 0.480 e. The molecule has 3 N–H and O–H groups in total. The Morgan fingerprint density at radius 1 is 1.21 bits per heavy atom.